The molecule has 0 aliphatic carbocycles. The standard InChI is InChI=1S/C16H16F3NO/c17-16(18,19)13-6-8-14(9-7-13)21-15(10-11-20)12-4-2-1-3-5-12/h1-9,15H,10-11,20H2/i10D2,11D2,15D. The Kier molecular flexibility index (Phi) is 3.11. The number of benzene rings is 2. The summed E-state index contributed by atoms with van der Waals surface area (Å²) in [5.41, 5.74) is 4.31. The molecule has 0 aliphatic rings. The van der Waals surface area contributed by atoms with Gasteiger partial charge in [-0.2, -0.15) is 13.2 Å². The van der Waals surface area contributed by atoms with Gasteiger partial charge in [-0.3, -0.25) is 0 Å². The number of hydrogen-bond acceptors (Lipinski definition) is 2. The van der Waals surface area contributed by atoms with Gasteiger partial charge in [-0.25, -0.2) is 0 Å². The molecule has 2 rings (SSSR count). The summed E-state index contributed by atoms with van der Waals surface area (Å²) in [5.74, 6) is -0.232. The van der Waals surface area contributed by atoms with Gasteiger partial charge in [0.2, 0.25) is 0 Å². The largest absolute Gasteiger partial charge is 0.486 e. The molecule has 1 atom stereocenters. The van der Waals surface area contributed by atoms with E-state index in [4.69, 9.17) is 17.3 Å². The zero-order chi connectivity index (χ0) is 19.8. The van der Waals surface area contributed by atoms with Gasteiger partial charge in [0.15, 0.2) is 0 Å². The Hall–Kier alpha value is -2.01. The summed E-state index contributed by atoms with van der Waals surface area (Å²) in [7, 11) is 0. The third-order valence-corrected chi connectivity index (χ3v) is 2.62. The molecular formula is C16H16F3NO. The summed E-state index contributed by atoms with van der Waals surface area (Å²) in [5, 5.41) is 0. The van der Waals surface area contributed by atoms with Gasteiger partial charge in [0.1, 0.15) is 11.8 Å². The van der Waals surface area contributed by atoms with Gasteiger partial charge in [-0.1, -0.05) is 30.3 Å². The first-order valence-corrected chi connectivity index (χ1v) is 6.00. The molecule has 0 spiro atoms. The zero-order valence-corrected chi connectivity index (χ0v) is 10.8. The SMILES string of the molecule is [2H]C([2H])(N)C([2H])([2H])C([2H])(Oc1ccc(C(F)(F)F)cc1)c1ccccc1. The molecule has 5 heteroatoms. The van der Waals surface area contributed by atoms with E-state index in [2.05, 4.69) is 0 Å². The van der Waals surface area contributed by atoms with Gasteiger partial charge < -0.3 is 10.5 Å². The minimum absolute atomic E-state index is 0.0424. The lowest BCUT2D eigenvalue weighted by molar-refractivity contribution is -0.137. The van der Waals surface area contributed by atoms with Crippen molar-refractivity contribution in [1.82, 2.24) is 0 Å². The molecule has 112 valence electrons. The van der Waals surface area contributed by atoms with Gasteiger partial charge >= 0.3 is 6.18 Å². The van der Waals surface area contributed by atoms with Crippen LogP contribution >= 0.6 is 0 Å². The van der Waals surface area contributed by atoms with Crippen molar-refractivity contribution in [2.75, 3.05) is 6.50 Å². The van der Waals surface area contributed by atoms with Crippen molar-refractivity contribution in [1.29, 1.82) is 0 Å². The number of rotatable bonds is 5. The summed E-state index contributed by atoms with van der Waals surface area (Å²) in [6.45, 7) is -2.96. The highest BCUT2D eigenvalue weighted by atomic mass is 19.4. The van der Waals surface area contributed by atoms with E-state index >= 15 is 0 Å². The van der Waals surface area contributed by atoms with Crippen LogP contribution in [0.25, 0.3) is 0 Å². The summed E-state index contributed by atoms with van der Waals surface area (Å²) < 4.78 is 83.0. The summed E-state index contributed by atoms with van der Waals surface area (Å²) in [6, 6.07) is 10.6. The maximum Gasteiger partial charge on any atom is 0.416 e. The highest BCUT2D eigenvalue weighted by Crippen LogP contribution is 2.31. The average molecular weight is 300 g/mol. The Morgan fingerprint density at radius 1 is 1.10 bits per heavy atom. The zero-order valence-electron chi connectivity index (χ0n) is 15.8. The third kappa shape index (κ3) is 4.23. The Morgan fingerprint density at radius 3 is 2.24 bits per heavy atom. The Balaban J connectivity index is 2.50. The van der Waals surface area contributed by atoms with Gasteiger partial charge in [0, 0.05) is 11.9 Å². The lowest BCUT2D eigenvalue weighted by Crippen LogP contribution is -2.13. The first kappa shape index (κ1) is 9.84. The van der Waals surface area contributed by atoms with Crippen LogP contribution in [-0.4, -0.2) is 6.50 Å². The van der Waals surface area contributed by atoms with E-state index in [-0.39, 0.29) is 11.3 Å². The third-order valence-electron chi connectivity index (χ3n) is 2.62. The molecule has 2 aromatic rings. The van der Waals surface area contributed by atoms with E-state index in [1.54, 1.807) is 6.07 Å². The minimum atomic E-state index is -4.56. The van der Waals surface area contributed by atoms with Crippen LogP contribution in [0.3, 0.4) is 0 Å². The van der Waals surface area contributed by atoms with Gasteiger partial charge in [-0.05, 0) is 36.3 Å². The second kappa shape index (κ2) is 6.63. The second-order valence-electron chi connectivity index (χ2n) is 4.09. The fourth-order valence-electron chi connectivity index (χ4n) is 1.64. The van der Waals surface area contributed by atoms with E-state index in [1.807, 2.05) is 0 Å². The van der Waals surface area contributed by atoms with Gasteiger partial charge in [0.05, 0.1) is 6.93 Å². The van der Waals surface area contributed by atoms with Crippen LogP contribution in [0.15, 0.2) is 54.6 Å². The molecule has 21 heavy (non-hydrogen) atoms. The molecule has 0 saturated carbocycles. The minimum Gasteiger partial charge on any atom is -0.486 e. The van der Waals surface area contributed by atoms with Crippen molar-refractivity contribution in [2.45, 2.75) is 18.6 Å². The van der Waals surface area contributed by atoms with Crippen molar-refractivity contribution in [3.05, 3.63) is 65.7 Å². The van der Waals surface area contributed by atoms with Crippen LogP contribution in [0, 0.1) is 0 Å². The van der Waals surface area contributed by atoms with Gasteiger partial charge in [-0.15, -0.1) is 0 Å². The molecular weight excluding hydrogens is 279 g/mol. The molecule has 2 N–H and O–H groups in total. The highest BCUT2D eigenvalue weighted by molar-refractivity contribution is 5.30. The molecule has 2 nitrogen and oxygen atoms in total. The number of halogens is 3. The van der Waals surface area contributed by atoms with Crippen molar-refractivity contribution < 1.29 is 24.8 Å². The van der Waals surface area contributed by atoms with Crippen LogP contribution in [-0.2, 0) is 6.18 Å². The maximum absolute atomic E-state index is 12.7. The molecule has 0 heterocycles. The van der Waals surface area contributed by atoms with Crippen molar-refractivity contribution >= 4 is 0 Å². The number of alkyl halides is 3. The fourth-order valence-corrected chi connectivity index (χ4v) is 1.64. The summed E-state index contributed by atoms with van der Waals surface area (Å²) >= 11 is 0. The fraction of sp³-hybridized carbons (Fsp3) is 0.250. The molecule has 0 fully saturated rings. The molecule has 0 aliphatic heterocycles. The van der Waals surface area contributed by atoms with E-state index in [0.29, 0.717) is 0 Å². The Labute approximate surface area is 128 Å². The molecule has 0 bridgehead atoms. The Morgan fingerprint density at radius 2 is 1.71 bits per heavy atom. The van der Waals surface area contributed by atoms with Crippen LogP contribution in [0.5, 0.6) is 5.75 Å². The van der Waals surface area contributed by atoms with E-state index in [1.165, 1.54) is 24.3 Å². The van der Waals surface area contributed by atoms with Gasteiger partial charge in [0.25, 0.3) is 0 Å². The van der Waals surface area contributed by atoms with Crippen molar-refractivity contribution in [3.63, 3.8) is 0 Å². The lowest BCUT2D eigenvalue weighted by Gasteiger charge is -2.19. The van der Waals surface area contributed by atoms with E-state index in [0.717, 1.165) is 24.3 Å². The smallest absolute Gasteiger partial charge is 0.416 e. The summed E-state index contributed by atoms with van der Waals surface area (Å²) in [6.07, 6.45) is -10.2. The predicted octanol–water partition coefficient (Wildman–Crippen LogP) is 4.17. The first-order valence-electron chi connectivity index (χ1n) is 8.50. The quantitative estimate of drug-likeness (QED) is 0.899. The molecule has 0 saturated heterocycles. The first-order chi connectivity index (χ1) is 11.8. The van der Waals surface area contributed by atoms with Crippen LogP contribution in [0.4, 0.5) is 13.2 Å². The molecule has 0 aromatic heterocycles. The van der Waals surface area contributed by atoms with Crippen molar-refractivity contribution in [3.8, 4) is 5.75 Å². The monoisotopic (exact) mass is 300 g/mol. The summed E-state index contributed by atoms with van der Waals surface area (Å²) in [4.78, 5) is 0. The maximum atomic E-state index is 12.7. The van der Waals surface area contributed by atoms with E-state index < -0.39 is 30.7 Å². The van der Waals surface area contributed by atoms with Crippen LogP contribution in [0.2, 0.25) is 0 Å². The van der Waals surface area contributed by atoms with Crippen molar-refractivity contribution in [2.24, 2.45) is 5.73 Å². The molecule has 0 radical (unpaired) electrons. The average Bonchev–Trinajstić information content (AvgIpc) is 2.54. The normalized spacial score (nSPS) is 19.3. The van der Waals surface area contributed by atoms with E-state index in [9.17, 15) is 13.2 Å². The molecule has 2 aromatic carbocycles. The number of ether oxygens (including phenoxy) is 1. The predicted molar refractivity (Wildman–Crippen MR) is 74.9 cm³/mol. The highest BCUT2D eigenvalue weighted by Gasteiger charge is 2.30. The van der Waals surface area contributed by atoms with Crippen LogP contribution < -0.4 is 10.5 Å². The number of hydrogen-bond donors (Lipinski definition) is 1. The topological polar surface area (TPSA) is 35.2 Å². The second-order valence-corrected chi connectivity index (χ2v) is 4.09. The number of nitrogens with two attached hydrogens (primary N) is 1. The lowest BCUT2D eigenvalue weighted by atomic mass is 10.1. The Bertz CT molecular complexity index is 747. The molecule has 1 unspecified atom stereocenters. The van der Waals surface area contributed by atoms with Crippen LogP contribution in [0.1, 0.15) is 30.4 Å². The molecule has 0 amide bonds.